The van der Waals surface area contributed by atoms with Gasteiger partial charge < -0.3 is 29.7 Å². The van der Waals surface area contributed by atoms with E-state index in [0.717, 1.165) is 82.0 Å². The van der Waals surface area contributed by atoms with Crippen LogP contribution in [0.15, 0.2) is 78.0 Å². The lowest BCUT2D eigenvalue weighted by molar-refractivity contribution is 0.416. The number of fused-ring (bicyclic) bond motifs is 1. The second kappa shape index (κ2) is 13.9. The zero-order valence-corrected chi connectivity index (χ0v) is 32.4. The van der Waals surface area contributed by atoms with Crippen molar-refractivity contribution >= 4 is 58.0 Å². The Hall–Kier alpha value is -5.68. The minimum absolute atomic E-state index is 0.0205. The number of ether oxygens (including phenoxy) is 1. The predicted octanol–water partition coefficient (Wildman–Crippen LogP) is 6.38. The molecule has 278 valence electrons. The van der Waals surface area contributed by atoms with Crippen LogP contribution in [0, 0.1) is 6.92 Å². The summed E-state index contributed by atoms with van der Waals surface area (Å²) in [6.07, 6.45) is 7.97. The number of nitrogens with one attached hydrogen (secondary N) is 2. The van der Waals surface area contributed by atoms with Gasteiger partial charge in [0.15, 0.2) is 0 Å². The van der Waals surface area contributed by atoms with Crippen molar-refractivity contribution in [3.8, 4) is 16.9 Å². The van der Waals surface area contributed by atoms with Crippen LogP contribution in [0.4, 0.5) is 34.6 Å². The fourth-order valence-electron chi connectivity index (χ4n) is 7.30. The van der Waals surface area contributed by atoms with E-state index in [0.29, 0.717) is 29.1 Å². The Morgan fingerprint density at radius 3 is 2.37 bits per heavy atom. The van der Waals surface area contributed by atoms with Crippen molar-refractivity contribution in [3.05, 3.63) is 94.8 Å². The smallest absolute Gasteiger partial charge is 0.251 e. The molecule has 1 saturated heterocycles. The quantitative estimate of drug-likeness (QED) is 0.151. The number of piperazine rings is 1. The number of hydrogen-bond donors (Lipinski definition) is 2. The van der Waals surface area contributed by atoms with Crippen LogP contribution in [0.1, 0.15) is 30.0 Å². The number of rotatable bonds is 10. The number of methoxy groups -OCH3 is 1. The zero-order valence-electron chi connectivity index (χ0n) is 31.5. The van der Waals surface area contributed by atoms with Crippen molar-refractivity contribution in [1.82, 2.24) is 29.3 Å². The van der Waals surface area contributed by atoms with Crippen molar-refractivity contribution in [2.45, 2.75) is 25.7 Å². The van der Waals surface area contributed by atoms with Crippen molar-refractivity contribution in [2.24, 2.45) is 14.1 Å². The molecule has 0 bridgehead atoms. The lowest BCUT2D eigenvalue weighted by Gasteiger charge is -2.38. The molecule has 2 fully saturated rings. The average Bonchev–Trinajstić information content (AvgIpc) is 3.92. The Morgan fingerprint density at radius 2 is 1.67 bits per heavy atom. The first-order chi connectivity index (χ1) is 26.0. The summed E-state index contributed by atoms with van der Waals surface area (Å²) in [6, 6.07) is 17.6. The van der Waals surface area contributed by atoms with E-state index in [1.165, 1.54) is 12.8 Å². The molecule has 0 unspecified atom stereocenters. The summed E-state index contributed by atoms with van der Waals surface area (Å²) in [4.78, 5) is 31.4. The summed E-state index contributed by atoms with van der Waals surface area (Å²) < 4.78 is 23.2. The minimum Gasteiger partial charge on any atom is -0.494 e. The maximum Gasteiger partial charge on any atom is 0.251 e. The zero-order chi connectivity index (χ0) is 37.7. The molecular formula is C40H45N10O3P. The van der Waals surface area contributed by atoms with Gasteiger partial charge in [0.1, 0.15) is 24.5 Å². The molecule has 0 amide bonds. The van der Waals surface area contributed by atoms with E-state index >= 15 is 0 Å². The Bertz CT molecular complexity index is 2490. The Balaban J connectivity index is 1.10. The largest absolute Gasteiger partial charge is 0.494 e. The molecule has 5 heterocycles. The molecule has 1 saturated carbocycles. The molecule has 1 aliphatic carbocycles. The molecular weight excluding hydrogens is 699 g/mol. The van der Waals surface area contributed by atoms with Crippen LogP contribution < -0.4 is 36.0 Å². The van der Waals surface area contributed by atoms with Crippen molar-refractivity contribution in [2.75, 3.05) is 67.1 Å². The topological polar surface area (TPSA) is 135 Å². The molecule has 0 atom stereocenters. The highest BCUT2D eigenvalue weighted by molar-refractivity contribution is 7.71. The summed E-state index contributed by atoms with van der Waals surface area (Å²) in [5.41, 5.74) is 7.18. The van der Waals surface area contributed by atoms with Gasteiger partial charge in [-0.1, -0.05) is 12.1 Å². The summed E-state index contributed by atoms with van der Waals surface area (Å²) in [7, 11) is 2.64. The lowest BCUT2D eigenvalue weighted by atomic mass is 10.0. The van der Waals surface area contributed by atoms with Crippen molar-refractivity contribution < 1.29 is 9.30 Å². The second-order valence-corrected chi connectivity index (χ2v) is 17.7. The van der Waals surface area contributed by atoms with Gasteiger partial charge in [0.05, 0.1) is 30.2 Å². The molecule has 2 N–H and O–H groups in total. The summed E-state index contributed by atoms with van der Waals surface area (Å²) in [6.45, 7) is 8.54. The average molecular weight is 745 g/mol. The van der Waals surface area contributed by atoms with Crippen LogP contribution in [0.5, 0.6) is 5.75 Å². The minimum atomic E-state index is -2.73. The molecule has 6 aromatic rings. The van der Waals surface area contributed by atoms with Gasteiger partial charge in [-0.15, -0.1) is 0 Å². The van der Waals surface area contributed by atoms with Gasteiger partial charge in [-0.05, 0) is 63.4 Å². The molecule has 8 rings (SSSR count). The molecule has 2 aliphatic rings. The Morgan fingerprint density at radius 1 is 0.889 bits per heavy atom. The van der Waals surface area contributed by atoms with E-state index in [4.69, 9.17) is 14.7 Å². The molecule has 14 heteroatoms. The monoisotopic (exact) mass is 744 g/mol. The highest BCUT2D eigenvalue weighted by Crippen LogP contribution is 2.44. The molecule has 0 radical (unpaired) electrons. The van der Waals surface area contributed by atoms with Crippen molar-refractivity contribution in [3.63, 3.8) is 0 Å². The van der Waals surface area contributed by atoms with Gasteiger partial charge in [0.2, 0.25) is 5.95 Å². The van der Waals surface area contributed by atoms with E-state index in [2.05, 4.69) is 54.8 Å². The van der Waals surface area contributed by atoms with E-state index in [1.54, 1.807) is 42.0 Å². The lowest BCUT2D eigenvalue weighted by Crippen LogP contribution is -2.48. The third-order valence-corrected chi connectivity index (χ3v) is 11.9. The summed E-state index contributed by atoms with van der Waals surface area (Å²) in [5.74, 6) is 3.05. The SMILES string of the molecule is COc1cc(N2CCN(c3cccc(=O)n3C)CC2)c(-c2cnn(C)c2)cc1Nc1ncc(C)c(Nc2ccc3nc(C4CC4)ccc3c2P(C)(C)=O)n1. The van der Waals surface area contributed by atoms with Crippen molar-refractivity contribution in [1.29, 1.82) is 0 Å². The van der Waals surface area contributed by atoms with Crippen LogP contribution >= 0.6 is 7.14 Å². The number of aromatic nitrogens is 6. The number of anilines is 6. The second-order valence-electron chi connectivity index (χ2n) is 14.6. The molecule has 13 nitrogen and oxygen atoms in total. The number of hydrogen-bond acceptors (Lipinski definition) is 11. The van der Waals surface area contributed by atoms with Gasteiger partial charge in [-0.3, -0.25) is 19.0 Å². The van der Waals surface area contributed by atoms with Gasteiger partial charge in [0, 0.05) is 109 Å². The van der Waals surface area contributed by atoms with E-state index in [1.807, 2.05) is 57.7 Å². The number of nitrogens with zero attached hydrogens (tertiary/aromatic N) is 8. The molecule has 54 heavy (non-hydrogen) atoms. The fraction of sp³-hybridized carbons (Fsp3) is 0.325. The maximum absolute atomic E-state index is 13.8. The standard InChI is InChI=1S/C40H45N10O3P/c1-25-22-41-40(46-39(25)44-32-15-14-31-28(38(32)54(5,6)52)12-13-30(43-31)26-10-11-26)45-33-20-29(27-23-42-47(2)24-27)34(21-35(33)53-4)49-16-18-50(19-17-49)36-8-7-9-37(51)48(36)3/h7-9,12-15,20-24,26H,10-11,16-19H2,1-6H3,(H2,41,44,45,46). The highest BCUT2D eigenvalue weighted by Gasteiger charge is 2.28. The Kier molecular flexibility index (Phi) is 9.13. The third kappa shape index (κ3) is 6.91. The van der Waals surface area contributed by atoms with Crippen LogP contribution in [-0.4, -0.2) is 75.9 Å². The highest BCUT2D eigenvalue weighted by atomic mass is 31.2. The van der Waals surface area contributed by atoms with E-state index < -0.39 is 7.14 Å². The van der Waals surface area contributed by atoms with Crippen LogP contribution in [0.3, 0.4) is 0 Å². The van der Waals surface area contributed by atoms with Crippen LogP contribution in [-0.2, 0) is 18.7 Å². The normalized spacial score (nSPS) is 14.8. The van der Waals surface area contributed by atoms with E-state index in [9.17, 15) is 9.36 Å². The van der Waals surface area contributed by atoms with Gasteiger partial charge in [-0.25, -0.2) is 4.98 Å². The third-order valence-electron chi connectivity index (χ3n) is 10.3. The first-order valence-corrected chi connectivity index (χ1v) is 20.8. The Labute approximate surface area is 314 Å². The predicted molar refractivity (Wildman–Crippen MR) is 217 cm³/mol. The number of aryl methyl sites for hydroxylation is 2. The summed E-state index contributed by atoms with van der Waals surface area (Å²) in [5, 5.41) is 13.0. The van der Waals surface area contributed by atoms with E-state index in [-0.39, 0.29) is 5.56 Å². The van der Waals surface area contributed by atoms with Crippen LogP contribution in [0.25, 0.3) is 22.0 Å². The molecule has 1 aliphatic heterocycles. The first-order valence-electron chi connectivity index (χ1n) is 18.2. The fourth-order valence-corrected chi connectivity index (χ4v) is 8.78. The molecule has 0 spiro atoms. The maximum atomic E-state index is 13.8. The van der Waals surface area contributed by atoms with Crippen LogP contribution in [0.2, 0.25) is 0 Å². The van der Waals surface area contributed by atoms with Gasteiger partial charge in [0.25, 0.3) is 5.56 Å². The first kappa shape index (κ1) is 35.4. The summed E-state index contributed by atoms with van der Waals surface area (Å²) >= 11 is 0. The van der Waals surface area contributed by atoms with Gasteiger partial charge in [-0.2, -0.15) is 10.1 Å². The molecule has 4 aromatic heterocycles. The molecule has 2 aromatic carbocycles. The van der Waals surface area contributed by atoms with Gasteiger partial charge >= 0.3 is 0 Å². The number of benzene rings is 2. The number of pyridine rings is 2.